The largest absolute Gasteiger partial charge is 0.381 e. The number of hydrogen-bond donors (Lipinski definition) is 2. The molecule has 0 aliphatic carbocycles. The third-order valence-corrected chi connectivity index (χ3v) is 5.71. The third-order valence-electron chi connectivity index (χ3n) is 4.21. The van der Waals surface area contributed by atoms with Crippen LogP contribution < -0.4 is 10.5 Å². The minimum absolute atomic E-state index is 0.0776. The molecular formula is C13H26N2O4S. The minimum Gasteiger partial charge on any atom is -0.381 e. The monoisotopic (exact) mass is 306 g/mol. The fourth-order valence-corrected chi connectivity index (χ4v) is 4.12. The molecule has 1 rings (SSSR count). The first kappa shape index (κ1) is 17.4. The van der Waals surface area contributed by atoms with Crippen LogP contribution in [0.2, 0.25) is 0 Å². The molecule has 0 aromatic carbocycles. The molecular weight excluding hydrogens is 280 g/mol. The number of amides is 1. The van der Waals surface area contributed by atoms with E-state index in [1.807, 2.05) is 13.8 Å². The van der Waals surface area contributed by atoms with Crippen LogP contribution in [0.5, 0.6) is 0 Å². The number of rotatable bonds is 8. The molecule has 1 heterocycles. The van der Waals surface area contributed by atoms with Crippen molar-refractivity contribution in [2.75, 3.05) is 25.5 Å². The zero-order chi connectivity index (χ0) is 15.2. The van der Waals surface area contributed by atoms with Gasteiger partial charge < -0.3 is 10.5 Å². The van der Waals surface area contributed by atoms with Gasteiger partial charge in [0.25, 0.3) is 0 Å². The summed E-state index contributed by atoms with van der Waals surface area (Å²) in [6, 6.07) is 0. The molecule has 6 nitrogen and oxygen atoms in total. The van der Waals surface area contributed by atoms with E-state index in [-0.39, 0.29) is 18.2 Å². The predicted molar refractivity (Wildman–Crippen MR) is 77.5 cm³/mol. The fraction of sp³-hybridized carbons (Fsp3) is 0.923. The molecule has 3 N–H and O–H groups in total. The number of hydrogen-bond acceptors (Lipinski definition) is 4. The quantitative estimate of drug-likeness (QED) is 0.687. The van der Waals surface area contributed by atoms with Gasteiger partial charge in [0, 0.05) is 19.8 Å². The van der Waals surface area contributed by atoms with Gasteiger partial charge in [-0.15, -0.1) is 0 Å². The summed E-state index contributed by atoms with van der Waals surface area (Å²) in [5.74, 6) is -0.205. The van der Waals surface area contributed by atoms with Gasteiger partial charge in [-0.1, -0.05) is 26.7 Å². The smallest absolute Gasteiger partial charge is 0.225 e. The normalized spacial score (nSPS) is 19.1. The topological polar surface area (TPSA) is 98.5 Å². The van der Waals surface area contributed by atoms with Crippen LogP contribution in [0, 0.1) is 11.3 Å². The fourth-order valence-electron chi connectivity index (χ4n) is 2.41. The van der Waals surface area contributed by atoms with Crippen LogP contribution in [0.25, 0.3) is 0 Å². The third kappa shape index (κ3) is 4.71. The first-order valence-electron chi connectivity index (χ1n) is 7.20. The van der Waals surface area contributed by atoms with Crippen molar-refractivity contribution >= 4 is 15.9 Å². The lowest BCUT2D eigenvalue weighted by Crippen LogP contribution is -2.50. The summed E-state index contributed by atoms with van der Waals surface area (Å²) in [6.07, 6.45) is 2.59. The Bertz CT molecular complexity index is 412. The van der Waals surface area contributed by atoms with E-state index in [1.165, 1.54) is 0 Å². The Hall–Kier alpha value is -0.660. The molecule has 1 fully saturated rings. The highest BCUT2D eigenvalue weighted by molar-refractivity contribution is 7.89. The highest BCUT2D eigenvalue weighted by atomic mass is 32.2. The van der Waals surface area contributed by atoms with E-state index in [2.05, 4.69) is 4.72 Å². The summed E-state index contributed by atoms with van der Waals surface area (Å²) in [4.78, 5) is 11.7. The van der Waals surface area contributed by atoms with Gasteiger partial charge in [-0.2, -0.15) is 0 Å². The Labute approximate surface area is 121 Å². The molecule has 0 unspecified atom stereocenters. The highest BCUT2D eigenvalue weighted by Crippen LogP contribution is 2.29. The van der Waals surface area contributed by atoms with Crippen molar-refractivity contribution in [3.05, 3.63) is 0 Å². The van der Waals surface area contributed by atoms with E-state index in [1.54, 1.807) is 0 Å². The van der Waals surface area contributed by atoms with Crippen molar-refractivity contribution in [2.24, 2.45) is 17.1 Å². The van der Waals surface area contributed by atoms with E-state index in [9.17, 15) is 13.2 Å². The molecule has 1 aliphatic heterocycles. The van der Waals surface area contributed by atoms with Crippen LogP contribution in [0.1, 0.15) is 39.5 Å². The van der Waals surface area contributed by atoms with Crippen molar-refractivity contribution < 1.29 is 17.9 Å². The molecule has 1 saturated heterocycles. The van der Waals surface area contributed by atoms with Crippen molar-refractivity contribution in [1.29, 1.82) is 0 Å². The van der Waals surface area contributed by atoms with Crippen LogP contribution in [-0.4, -0.2) is 39.8 Å². The van der Waals surface area contributed by atoms with Crippen LogP contribution >= 0.6 is 0 Å². The summed E-state index contributed by atoms with van der Waals surface area (Å²) >= 11 is 0. The summed E-state index contributed by atoms with van der Waals surface area (Å²) in [5, 5.41) is 0. The standard InChI is InChI=1S/C13H26N2O4S/c1-3-11(4-2)9-20(17,18)15-10-13(12(14)16)5-7-19-8-6-13/h11,15H,3-10H2,1-2H3,(H2,14,16). The summed E-state index contributed by atoms with van der Waals surface area (Å²) in [5.41, 5.74) is 4.65. The Kier molecular flexibility index (Phi) is 6.42. The second kappa shape index (κ2) is 7.38. The van der Waals surface area contributed by atoms with Crippen LogP contribution in [0.3, 0.4) is 0 Å². The Morgan fingerprint density at radius 2 is 1.85 bits per heavy atom. The van der Waals surface area contributed by atoms with E-state index >= 15 is 0 Å². The maximum absolute atomic E-state index is 12.1. The molecule has 118 valence electrons. The number of primary amides is 1. The maximum Gasteiger partial charge on any atom is 0.225 e. The molecule has 0 atom stereocenters. The molecule has 0 aromatic rings. The number of carbonyl (C=O) groups excluding carboxylic acids is 1. The van der Waals surface area contributed by atoms with Gasteiger partial charge >= 0.3 is 0 Å². The van der Waals surface area contributed by atoms with E-state index in [4.69, 9.17) is 10.5 Å². The first-order chi connectivity index (χ1) is 9.35. The minimum atomic E-state index is -3.37. The molecule has 1 amide bonds. The van der Waals surface area contributed by atoms with Crippen molar-refractivity contribution in [3.63, 3.8) is 0 Å². The molecule has 20 heavy (non-hydrogen) atoms. The molecule has 0 radical (unpaired) electrons. The van der Waals surface area contributed by atoms with Gasteiger partial charge in [0.2, 0.25) is 15.9 Å². The number of sulfonamides is 1. The molecule has 1 aliphatic rings. The number of nitrogens with two attached hydrogens (primary N) is 1. The summed E-state index contributed by atoms with van der Waals surface area (Å²) < 4.78 is 31.9. The Morgan fingerprint density at radius 1 is 1.30 bits per heavy atom. The van der Waals surface area contributed by atoms with E-state index < -0.39 is 21.3 Å². The molecule has 7 heteroatoms. The maximum atomic E-state index is 12.1. The van der Waals surface area contributed by atoms with Crippen LogP contribution in [0.4, 0.5) is 0 Å². The lowest BCUT2D eigenvalue weighted by Gasteiger charge is -2.34. The van der Waals surface area contributed by atoms with E-state index in [0.717, 1.165) is 12.8 Å². The first-order valence-corrected chi connectivity index (χ1v) is 8.85. The lowest BCUT2D eigenvalue weighted by atomic mass is 9.80. The van der Waals surface area contributed by atoms with Gasteiger partial charge in [0.05, 0.1) is 11.2 Å². The van der Waals surface area contributed by atoms with Gasteiger partial charge in [0.15, 0.2) is 0 Å². The van der Waals surface area contributed by atoms with E-state index in [0.29, 0.717) is 26.1 Å². The predicted octanol–water partition coefficient (Wildman–Crippen LogP) is 0.624. The zero-order valence-electron chi connectivity index (χ0n) is 12.4. The average molecular weight is 306 g/mol. The lowest BCUT2D eigenvalue weighted by molar-refractivity contribution is -0.132. The number of carbonyl (C=O) groups is 1. The van der Waals surface area contributed by atoms with Gasteiger partial charge in [-0.3, -0.25) is 4.79 Å². The molecule has 0 spiro atoms. The van der Waals surface area contributed by atoms with Crippen molar-refractivity contribution in [1.82, 2.24) is 4.72 Å². The van der Waals surface area contributed by atoms with Crippen LogP contribution in [0.15, 0.2) is 0 Å². The molecule has 0 bridgehead atoms. The second-order valence-electron chi connectivity index (χ2n) is 5.54. The zero-order valence-corrected chi connectivity index (χ0v) is 13.2. The Morgan fingerprint density at radius 3 is 2.30 bits per heavy atom. The average Bonchev–Trinajstić information content (AvgIpc) is 2.43. The Balaban J connectivity index is 2.65. The SMILES string of the molecule is CCC(CC)CS(=O)(=O)NCC1(C(N)=O)CCOCC1. The van der Waals surface area contributed by atoms with Crippen molar-refractivity contribution in [2.45, 2.75) is 39.5 Å². The van der Waals surface area contributed by atoms with Gasteiger partial charge in [-0.05, 0) is 18.8 Å². The van der Waals surface area contributed by atoms with Crippen LogP contribution in [-0.2, 0) is 19.6 Å². The molecule has 0 aromatic heterocycles. The van der Waals surface area contributed by atoms with Gasteiger partial charge in [0.1, 0.15) is 0 Å². The van der Waals surface area contributed by atoms with Gasteiger partial charge in [-0.25, -0.2) is 13.1 Å². The number of nitrogens with one attached hydrogen (secondary N) is 1. The summed E-state index contributed by atoms with van der Waals surface area (Å²) in [7, 11) is -3.37. The highest BCUT2D eigenvalue weighted by Gasteiger charge is 2.39. The molecule has 0 saturated carbocycles. The van der Waals surface area contributed by atoms with Crippen molar-refractivity contribution in [3.8, 4) is 0 Å². The second-order valence-corrected chi connectivity index (χ2v) is 7.39. The summed E-state index contributed by atoms with van der Waals surface area (Å²) in [6.45, 7) is 4.92. The number of ether oxygens (including phenoxy) is 1.